The lowest BCUT2D eigenvalue weighted by atomic mass is 9.43. The average molecular weight is 689 g/mol. The molecule has 0 saturated heterocycles. The molecule has 3 aromatic carbocycles. The summed E-state index contributed by atoms with van der Waals surface area (Å²) >= 11 is 0. The van der Waals surface area contributed by atoms with Gasteiger partial charge in [0.2, 0.25) is 0 Å². The summed E-state index contributed by atoms with van der Waals surface area (Å²) in [6.45, 7) is -0.509. The van der Waals surface area contributed by atoms with E-state index in [4.69, 9.17) is 9.31 Å². The van der Waals surface area contributed by atoms with Crippen molar-refractivity contribution in [2.45, 2.75) is 87.9 Å². The first-order valence-corrected chi connectivity index (χ1v) is 20.8. The summed E-state index contributed by atoms with van der Waals surface area (Å²) < 4.78 is 22.0. The molecule has 4 fully saturated rings. The van der Waals surface area contributed by atoms with E-state index in [2.05, 4.69) is 68.0 Å². The summed E-state index contributed by atoms with van der Waals surface area (Å²) in [7, 11) is 0. The number of para-hydroxylation sites is 2. The van der Waals surface area contributed by atoms with Crippen molar-refractivity contribution in [3.05, 3.63) is 87.6 Å². The van der Waals surface area contributed by atoms with Crippen LogP contribution in [0.4, 0.5) is 0 Å². The molecule has 18 rings (SSSR count). The van der Waals surface area contributed by atoms with Gasteiger partial charge in [-0.1, -0.05) is 36.4 Å². The van der Waals surface area contributed by atoms with Gasteiger partial charge in [0.1, 0.15) is 22.8 Å². The van der Waals surface area contributed by atoms with Crippen LogP contribution in [0.25, 0.3) is 39.2 Å². The molecule has 0 spiro atoms. The number of benzene rings is 3. The average Bonchev–Trinajstić information content (AvgIpc) is 3.60. The fourth-order valence-electron chi connectivity index (χ4n) is 15.5. The Hall–Kier alpha value is -4.58. The lowest BCUT2D eigenvalue weighted by Crippen LogP contribution is -2.64. The predicted molar refractivity (Wildman–Crippen MR) is 207 cm³/mol. The first-order chi connectivity index (χ1) is 26.2. The van der Waals surface area contributed by atoms with Gasteiger partial charge in [-0.3, -0.25) is 13.4 Å². The first-order valence-electron chi connectivity index (χ1n) is 20.8. The molecule has 4 unspecified atom stereocenters. The zero-order valence-corrected chi connectivity index (χ0v) is 29.6. The Balaban J connectivity index is 1.17. The molecule has 12 aliphatic rings. The number of hydrogen-bond donors (Lipinski definition) is 0. The summed E-state index contributed by atoms with van der Waals surface area (Å²) in [6.07, 6.45) is 12.7. The molecule has 0 amide bonds. The SMILES string of the molecule is O=c1n2c3c(c4c2n2c5c(c6c(n15)C1CC5CC(CC6C5)C1)B1Oc5ccccc5-c5cc6c(c-2c51)B4Oc1ccccc1-6)C1CC2CC(C1)CC3C2. The maximum atomic E-state index is 16.1. The molecule has 6 aromatic rings. The zero-order chi connectivity index (χ0) is 33.7. The van der Waals surface area contributed by atoms with Crippen molar-refractivity contribution >= 4 is 47.0 Å². The topological polar surface area (TPSA) is 49.3 Å². The lowest BCUT2D eigenvalue weighted by Gasteiger charge is -2.42. The Morgan fingerprint density at radius 2 is 0.943 bits per heavy atom. The molecule has 8 bridgehead atoms. The Kier molecular flexibility index (Phi) is 4.36. The zero-order valence-electron chi connectivity index (χ0n) is 29.6. The van der Waals surface area contributed by atoms with E-state index in [9.17, 15) is 0 Å². The summed E-state index contributed by atoms with van der Waals surface area (Å²) in [5, 5.41) is 0. The van der Waals surface area contributed by atoms with Crippen LogP contribution in [0.15, 0.2) is 59.4 Å². The molecule has 8 heteroatoms. The molecule has 0 N–H and O–H groups in total. The third-order valence-corrected chi connectivity index (χ3v) is 16.7. The number of hydrogen-bond acceptors (Lipinski definition) is 3. The fourth-order valence-corrected chi connectivity index (χ4v) is 15.5. The van der Waals surface area contributed by atoms with E-state index in [1.807, 2.05) is 0 Å². The second-order valence-corrected chi connectivity index (χ2v) is 19.1. The predicted octanol–water partition coefficient (Wildman–Crippen LogP) is 6.08. The van der Waals surface area contributed by atoms with Crippen LogP contribution < -0.4 is 36.8 Å². The first kappa shape index (κ1) is 27.1. The monoisotopic (exact) mass is 689 g/mol. The minimum atomic E-state index is -0.255. The minimum absolute atomic E-state index is 0.189. The lowest BCUT2D eigenvalue weighted by molar-refractivity contribution is 0.164. The smallest absolute Gasteiger partial charge is 0.433 e. The Morgan fingerprint density at radius 1 is 0.509 bits per heavy atom. The molecular weight excluding hydrogens is 652 g/mol. The largest absolute Gasteiger partial charge is 0.551 e. The van der Waals surface area contributed by atoms with E-state index < -0.39 is 0 Å². The molecule has 256 valence electrons. The van der Waals surface area contributed by atoms with Gasteiger partial charge in [-0.25, -0.2) is 4.79 Å². The highest BCUT2D eigenvalue weighted by Crippen LogP contribution is 2.59. The van der Waals surface area contributed by atoms with Crippen molar-refractivity contribution in [2.24, 2.45) is 23.7 Å². The van der Waals surface area contributed by atoms with Gasteiger partial charge in [-0.05, 0) is 140 Å². The summed E-state index contributed by atoms with van der Waals surface area (Å²) in [5.41, 5.74) is 19.4. The number of aromatic nitrogens is 3. The Morgan fingerprint density at radius 3 is 1.42 bits per heavy atom. The van der Waals surface area contributed by atoms with Gasteiger partial charge in [-0.2, -0.15) is 0 Å². The molecular formula is C45H37B2N3O3. The number of fused-ring (bicyclic) bond motifs is 6. The van der Waals surface area contributed by atoms with Gasteiger partial charge >= 0.3 is 19.5 Å². The van der Waals surface area contributed by atoms with Crippen LogP contribution in [0.2, 0.25) is 0 Å². The van der Waals surface area contributed by atoms with E-state index in [0.29, 0.717) is 23.7 Å². The highest BCUT2D eigenvalue weighted by atomic mass is 16.4. The van der Waals surface area contributed by atoms with E-state index in [0.717, 1.165) is 46.5 Å². The van der Waals surface area contributed by atoms with Crippen LogP contribution in [-0.2, 0) is 0 Å². The van der Waals surface area contributed by atoms with Crippen molar-refractivity contribution in [1.29, 1.82) is 0 Å². The molecule has 3 aromatic heterocycles. The van der Waals surface area contributed by atoms with Crippen LogP contribution in [0.1, 0.15) is 110 Å². The van der Waals surface area contributed by atoms with Crippen LogP contribution in [0, 0.1) is 23.7 Å². The second-order valence-electron chi connectivity index (χ2n) is 19.1. The Labute approximate surface area is 307 Å². The summed E-state index contributed by atoms with van der Waals surface area (Å²) in [4.78, 5) is 16.1. The molecule has 4 atom stereocenters. The molecule has 4 aliphatic heterocycles. The molecule has 6 nitrogen and oxygen atoms in total. The van der Waals surface area contributed by atoms with Crippen molar-refractivity contribution in [2.75, 3.05) is 0 Å². The second kappa shape index (κ2) is 8.53. The van der Waals surface area contributed by atoms with Crippen LogP contribution >= 0.6 is 0 Å². The van der Waals surface area contributed by atoms with Gasteiger partial charge in [0.15, 0.2) is 0 Å². The van der Waals surface area contributed by atoms with E-state index in [-0.39, 0.29) is 19.5 Å². The molecule has 7 heterocycles. The molecule has 53 heavy (non-hydrogen) atoms. The normalized spacial score (nSPS) is 31.3. The van der Waals surface area contributed by atoms with Gasteiger partial charge in [-0.15, -0.1) is 0 Å². The van der Waals surface area contributed by atoms with Crippen LogP contribution in [0.3, 0.4) is 0 Å². The number of rotatable bonds is 0. The quantitative estimate of drug-likeness (QED) is 0.182. The highest BCUT2D eigenvalue weighted by Gasteiger charge is 2.57. The van der Waals surface area contributed by atoms with E-state index in [1.54, 1.807) is 0 Å². The third-order valence-electron chi connectivity index (χ3n) is 16.7. The van der Waals surface area contributed by atoms with Gasteiger partial charge in [0.05, 0.1) is 0 Å². The fraction of sp³-hybridized carbons (Fsp3) is 0.400. The third kappa shape index (κ3) is 2.85. The molecule has 0 radical (unpaired) electrons. The number of nitrogens with zero attached hydrogens (tertiary/aromatic N) is 3. The van der Waals surface area contributed by atoms with Gasteiger partial charge in [0.25, 0.3) is 0 Å². The standard InChI is InChI=1S/C45H37B2N3O3/c51-45-49-40-26-15-20-9-21(16-26)12-24(11-20)34(40)38-43(49)48-42-36-30(28-5-1-3-7-32(28)52-46(36)38)19-31-29-6-2-4-8-33(29)53-47(37(31)42)39-35-25-13-22-10-23(14-25)18-27(17-22)41(35)50(45)44(39)48/h1-8,19-27H,9-18H2. The van der Waals surface area contributed by atoms with Crippen molar-refractivity contribution in [3.8, 4) is 39.4 Å². The molecule has 4 saturated carbocycles. The van der Waals surface area contributed by atoms with Crippen molar-refractivity contribution in [1.82, 2.24) is 13.4 Å². The summed E-state index contributed by atoms with van der Waals surface area (Å²) in [6, 6.07) is 19.9. The summed E-state index contributed by atoms with van der Waals surface area (Å²) in [5.74, 6) is 6.80. The highest BCUT2D eigenvalue weighted by molar-refractivity contribution is 6.90. The van der Waals surface area contributed by atoms with E-state index in [1.165, 1.54) is 137 Å². The van der Waals surface area contributed by atoms with Crippen LogP contribution in [0.5, 0.6) is 11.5 Å². The van der Waals surface area contributed by atoms with Gasteiger partial charge < -0.3 is 9.31 Å². The Bertz CT molecular complexity index is 2670. The molecule has 8 aliphatic carbocycles. The van der Waals surface area contributed by atoms with Crippen molar-refractivity contribution < 1.29 is 9.31 Å². The maximum absolute atomic E-state index is 16.1. The van der Waals surface area contributed by atoms with Crippen LogP contribution in [-0.4, -0.2) is 27.2 Å². The van der Waals surface area contributed by atoms with E-state index >= 15 is 4.79 Å². The van der Waals surface area contributed by atoms with Gasteiger partial charge in [0, 0.05) is 61.9 Å². The van der Waals surface area contributed by atoms with Crippen molar-refractivity contribution in [3.63, 3.8) is 0 Å². The minimum Gasteiger partial charge on any atom is -0.551 e. The maximum Gasteiger partial charge on any atom is 0.433 e.